The number of piperazine rings is 1. The first kappa shape index (κ1) is 25.0. The van der Waals surface area contributed by atoms with Crippen LogP contribution in [0.15, 0.2) is 77.7 Å². The van der Waals surface area contributed by atoms with E-state index < -0.39 is 0 Å². The lowest BCUT2D eigenvalue weighted by atomic mass is 10.1. The molecule has 3 aromatic carbocycles. The van der Waals surface area contributed by atoms with Crippen LogP contribution in [-0.2, 0) is 11.3 Å². The Bertz CT molecular complexity index is 1370. The summed E-state index contributed by atoms with van der Waals surface area (Å²) in [6, 6.07) is 20.4. The number of amides is 3. The molecule has 3 aromatic rings. The third-order valence-corrected chi connectivity index (χ3v) is 7.46. The molecule has 0 spiro atoms. The first-order chi connectivity index (χ1) is 17.9. The Morgan fingerprint density at radius 3 is 2.32 bits per heavy atom. The highest BCUT2D eigenvalue weighted by molar-refractivity contribution is 8.18. The minimum Gasteiger partial charge on any atom is -0.368 e. The summed E-state index contributed by atoms with van der Waals surface area (Å²) < 4.78 is 13.2. The van der Waals surface area contributed by atoms with Gasteiger partial charge in [-0.1, -0.05) is 35.9 Å². The van der Waals surface area contributed by atoms with Crippen molar-refractivity contribution in [2.45, 2.75) is 6.54 Å². The smallest absolute Gasteiger partial charge is 0.293 e. The van der Waals surface area contributed by atoms with E-state index in [1.807, 2.05) is 6.07 Å². The number of carbonyl (C=O) groups excluding carboxylic acids is 3. The Kier molecular flexibility index (Phi) is 7.30. The maximum atomic E-state index is 13.2. The van der Waals surface area contributed by atoms with Gasteiger partial charge in [0.15, 0.2) is 0 Å². The van der Waals surface area contributed by atoms with Crippen molar-refractivity contribution < 1.29 is 18.8 Å². The molecule has 2 heterocycles. The van der Waals surface area contributed by atoms with Crippen LogP contribution < -0.4 is 4.90 Å². The molecule has 0 bridgehead atoms. The number of rotatable bonds is 5. The Hall–Kier alpha value is -3.62. The van der Waals surface area contributed by atoms with E-state index in [1.165, 1.54) is 17.0 Å². The lowest BCUT2D eigenvalue weighted by Crippen LogP contribution is -2.48. The van der Waals surface area contributed by atoms with E-state index in [-0.39, 0.29) is 29.4 Å². The van der Waals surface area contributed by atoms with Crippen LogP contribution >= 0.6 is 23.4 Å². The summed E-state index contributed by atoms with van der Waals surface area (Å²) in [4.78, 5) is 43.8. The molecule has 2 aliphatic heterocycles. The van der Waals surface area contributed by atoms with Crippen molar-refractivity contribution in [3.8, 4) is 0 Å². The van der Waals surface area contributed by atoms with Crippen LogP contribution in [0.3, 0.4) is 0 Å². The monoisotopic (exact) mass is 535 g/mol. The van der Waals surface area contributed by atoms with Gasteiger partial charge in [-0.2, -0.15) is 0 Å². The van der Waals surface area contributed by atoms with Gasteiger partial charge in [-0.3, -0.25) is 19.3 Å². The quantitative estimate of drug-likeness (QED) is 0.393. The van der Waals surface area contributed by atoms with Crippen LogP contribution in [0.1, 0.15) is 21.5 Å². The molecule has 2 saturated heterocycles. The van der Waals surface area contributed by atoms with Gasteiger partial charge in [-0.25, -0.2) is 4.39 Å². The zero-order valence-corrected chi connectivity index (χ0v) is 21.3. The van der Waals surface area contributed by atoms with Gasteiger partial charge in [0.1, 0.15) is 5.82 Å². The van der Waals surface area contributed by atoms with Crippen molar-refractivity contribution in [3.05, 3.63) is 105 Å². The standard InChI is InChI=1S/C28H23ClFN3O3S/c29-22-3-1-2-20(16-22)18-33-27(35)25(37-28(33)36)17-19-4-6-21(7-5-19)26(34)32-14-12-31(13-15-32)24-10-8-23(30)9-11-24/h1-11,16-17H,12-15,18H2/b25-17-. The fraction of sp³-hybridized carbons (Fsp3) is 0.179. The number of thioether (sulfide) groups is 1. The second-order valence-corrected chi connectivity index (χ2v) is 10.2. The number of hydrogen-bond acceptors (Lipinski definition) is 5. The highest BCUT2D eigenvalue weighted by atomic mass is 35.5. The molecule has 0 aliphatic carbocycles. The first-order valence-corrected chi connectivity index (χ1v) is 13.0. The topological polar surface area (TPSA) is 60.9 Å². The molecule has 0 saturated carbocycles. The van der Waals surface area contributed by atoms with Crippen LogP contribution in [0, 0.1) is 5.82 Å². The number of halogens is 2. The maximum absolute atomic E-state index is 13.2. The molecular formula is C28H23ClFN3O3S. The van der Waals surface area contributed by atoms with Crippen LogP contribution in [0.2, 0.25) is 5.02 Å². The second-order valence-electron chi connectivity index (χ2n) is 8.78. The van der Waals surface area contributed by atoms with E-state index in [9.17, 15) is 18.8 Å². The molecule has 5 rings (SSSR count). The lowest BCUT2D eigenvalue weighted by molar-refractivity contribution is -0.123. The van der Waals surface area contributed by atoms with E-state index in [0.717, 1.165) is 28.6 Å². The van der Waals surface area contributed by atoms with E-state index in [4.69, 9.17) is 11.6 Å². The number of imide groups is 1. The molecule has 0 aromatic heterocycles. The summed E-state index contributed by atoms with van der Waals surface area (Å²) in [5.74, 6) is -0.685. The molecule has 9 heteroatoms. The Morgan fingerprint density at radius 1 is 0.946 bits per heavy atom. The normalized spacial score (nSPS) is 17.1. The predicted molar refractivity (Wildman–Crippen MR) is 144 cm³/mol. The first-order valence-electron chi connectivity index (χ1n) is 11.8. The third-order valence-electron chi connectivity index (χ3n) is 6.32. The number of benzene rings is 3. The van der Waals surface area contributed by atoms with Crippen molar-refractivity contribution in [1.82, 2.24) is 9.80 Å². The molecule has 2 aliphatic rings. The van der Waals surface area contributed by atoms with Gasteiger partial charge in [0.2, 0.25) is 0 Å². The van der Waals surface area contributed by atoms with Crippen LogP contribution in [0.25, 0.3) is 6.08 Å². The molecule has 0 atom stereocenters. The fourth-order valence-corrected chi connectivity index (χ4v) is 5.38. The van der Waals surface area contributed by atoms with Crippen LogP contribution in [0.5, 0.6) is 0 Å². The summed E-state index contributed by atoms with van der Waals surface area (Å²) >= 11 is 6.91. The highest BCUT2D eigenvalue weighted by Crippen LogP contribution is 2.33. The molecule has 0 unspecified atom stereocenters. The average molecular weight is 536 g/mol. The highest BCUT2D eigenvalue weighted by Gasteiger charge is 2.35. The van der Waals surface area contributed by atoms with Crippen LogP contribution in [0.4, 0.5) is 14.9 Å². The second kappa shape index (κ2) is 10.8. The van der Waals surface area contributed by atoms with Gasteiger partial charge in [0.05, 0.1) is 11.4 Å². The summed E-state index contributed by atoms with van der Waals surface area (Å²) in [7, 11) is 0. The fourth-order valence-electron chi connectivity index (χ4n) is 4.33. The van der Waals surface area contributed by atoms with E-state index in [2.05, 4.69) is 4.90 Å². The summed E-state index contributed by atoms with van der Waals surface area (Å²) in [5.41, 5.74) is 3.00. The van der Waals surface area contributed by atoms with Gasteiger partial charge in [0, 0.05) is 42.5 Å². The number of nitrogens with zero attached hydrogens (tertiary/aromatic N) is 3. The number of anilines is 1. The Morgan fingerprint density at radius 2 is 1.65 bits per heavy atom. The zero-order valence-electron chi connectivity index (χ0n) is 19.8. The maximum Gasteiger partial charge on any atom is 0.293 e. The molecule has 188 valence electrons. The largest absolute Gasteiger partial charge is 0.368 e. The van der Waals surface area contributed by atoms with Crippen LogP contribution in [-0.4, -0.2) is 53.0 Å². The van der Waals surface area contributed by atoms with E-state index >= 15 is 0 Å². The SMILES string of the molecule is O=C(c1ccc(/C=C2\SC(=O)N(Cc3cccc(Cl)c3)C2=O)cc1)N1CCN(c2ccc(F)cc2)CC1. The van der Waals surface area contributed by atoms with Crippen molar-refractivity contribution in [3.63, 3.8) is 0 Å². The van der Waals surface area contributed by atoms with Crippen molar-refractivity contribution in [2.24, 2.45) is 0 Å². The molecule has 37 heavy (non-hydrogen) atoms. The third kappa shape index (κ3) is 5.70. The number of carbonyl (C=O) groups is 3. The van der Waals surface area contributed by atoms with E-state index in [1.54, 1.807) is 65.6 Å². The average Bonchev–Trinajstić information content (AvgIpc) is 3.16. The summed E-state index contributed by atoms with van der Waals surface area (Å²) in [6.07, 6.45) is 1.67. The number of hydrogen-bond donors (Lipinski definition) is 0. The lowest BCUT2D eigenvalue weighted by Gasteiger charge is -2.36. The van der Waals surface area contributed by atoms with Gasteiger partial charge >= 0.3 is 0 Å². The molecule has 0 N–H and O–H groups in total. The zero-order chi connectivity index (χ0) is 25.9. The van der Waals surface area contributed by atoms with Gasteiger partial charge in [-0.15, -0.1) is 0 Å². The van der Waals surface area contributed by atoms with Gasteiger partial charge in [0.25, 0.3) is 17.1 Å². The molecular weight excluding hydrogens is 513 g/mol. The van der Waals surface area contributed by atoms with Crippen molar-refractivity contribution in [1.29, 1.82) is 0 Å². The van der Waals surface area contributed by atoms with Gasteiger partial charge in [-0.05, 0) is 77.5 Å². The summed E-state index contributed by atoms with van der Waals surface area (Å²) in [6.45, 7) is 2.63. The minimum atomic E-state index is -0.353. The van der Waals surface area contributed by atoms with Gasteiger partial charge < -0.3 is 9.80 Å². The Labute approximate surface area is 223 Å². The van der Waals surface area contributed by atoms with E-state index in [0.29, 0.717) is 41.7 Å². The Balaban J connectivity index is 1.20. The minimum absolute atomic E-state index is 0.0628. The predicted octanol–water partition coefficient (Wildman–Crippen LogP) is 5.68. The molecule has 0 radical (unpaired) electrons. The van der Waals surface area contributed by atoms with Crippen molar-refractivity contribution in [2.75, 3.05) is 31.1 Å². The molecule has 6 nitrogen and oxygen atoms in total. The van der Waals surface area contributed by atoms with Crippen molar-refractivity contribution >= 4 is 52.2 Å². The summed E-state index contributed by atoms with van der Waals surface area (Å²) in [5, 5.41) is 0.215. The molecule has 2 fully saturated rings. The molecule has 3 amide bonds.